The molecule has 7 nitrogen and oxygen atoms in total. The highest BCUT2D eigenvalue weighted by atomic mass is 19.2. The smallest absolute Gasteiger partial charge is 0.247 e. The Morgan fingerprint density at radius 3 is 2.44 bits per heavy atom. The highest BCUT2D eigenvalue weighted by Crippen LogP contribution is 2.26. The Morgan fingerprint density at radius 2 is 1.74 bits per heavy atom. The van der Waals surface area contributed by atoms with Gasteiger partial charge in [0.1, 0.15) is 18.9 Å². The average molecular weight is 476 g/mol. The first-order valence-corrected chi connectivity index (χ1v) is 10.9. The van der Waals surface area contributed by atoms with Crippen LogP contribution in [0.1, 0.15) is 31.4 Å². The number of carbonyl (C=O) groups is 3. The second-order valence-electron chi connectivity index (χ2n) is 8.61. The van der Waals surface area contributed by atoms with Crippen LogP contribution < -0.4 is 16.0 Å². The zero-order valence-corrected chi connectivity index (χ0v) is 19.0. The molecule has 3 N–H and O–H groups in total. The van der Waals surface area contributed by atoms with Crippen molar-refractivity contribution >= 4 is 23.4 Å². The molecule has 3 amide bonds. The standard InChI is InChI=1S/C24H27F3N4O3/c1-14(2)29-22(32)12-31-21-6-4-3-5-15(21)11-30(13-24(31)34)23(33)9-17(28)7-16-8-19(26)20(27)10-18(16)25/h3-6,8,10,14,17H,7,9,11-13,28H2,1-2H3,(H,29,32)/t17-/m1/s1. The van der Waals surface area contributed by atoms with Gasteiger partial charge in [0.15, 0.2) is 11.6 Å². The first kappa shape index (κ1) is 25.2. The highest BCUT2D eigenvalue weighted by molar-refractivity contribution is 6.02. The maximum Gasteiger partial charge on any atom is 0.247 e. The largest absolute Gasteiger partial charge is 0.352 e. The molecule has 0 saturated heterocycles. The number of hydrogen-bond donors (Lipinski definition) is 2. The van der Waals surface area contributed by atoms with Gasteiger partial charge in [0.25, 0.3) is 0 Å². The van der Waals surface area contributed by atoms with E-state index in [0.717, 1.165) is 6.07 Å². The lowest BCUT2D eigenvalue weighted by Crippen LogP contribution is -2.46. The minimum Gasteiger partial charge on any atom is -0.352 e. The van der Waals surface area contributed by atoms with Gasteiger partial charge in [-0.1, -0.05) is 18.2 Å². The summed E-state index contributed by atoms with van der Waals surface area (Å²) >= 11 is 0. The lowest BCUT2D eigenvalue weighted by Gasteiger charge is -2.23. The van der Waals surface area contributed by atoms with Crippen LogP contribution in [0.3, 0.4) is 0 Å². The Balaban J connectivity index is 1.73. The molecule has 34 heavy (non-hydrogen) atoms. The highest BCUT2D eigenvalue weighted by Gasteiger charge is 2.30. The fourth-order valence-electron chi connectivity index (χ4n) is 3.84. The van der Waals surface area contributed by atoms with Gasteiger partial charge in [0.05, 0.1) is 0 Å². The maximum atomic E-state index is 13.9. The van der Waals surface area contributed by atoms with Crippen molar-refractivity contribution in [1.82, 2.24) is 10.2 Å². The van der Waals surface area contributed by atoms with Crippen molar-refractivity contribution in [2.45, 2.75) is 45.3 Å². The number of fused-ring (bicyclic) bond motifs is 1. The first-order chi connectivity index (χ1) is 16.0. The van der Waals surface area contributed by atoms with E-state index in [9.17, 15) is 27.6 Å². The van der Waals surface area contributed by atoms with Crippen LogP contribution in [0.2, 0.25) is 0 Å². The Bertz CT molecular complexity index is 1090. The van der Waals surface area contributed by atoms with Crippen LogP contribution in [0, 0.1) is 17.5 Å². The van der Waals surface area contributed by atoms with Gasteiger partial charge < -0.3 is 20.9 Å². The lowest BCUT2D eigenvalue weighted by molar-refractivity contribution is -0.136. The fourth-order valence-corrected chi connectivity index (χ4v) is 3.84. The molecule has 182 valence electrons. The molecule has 3 rings (SSSR count). The van der Waals surface area contributed by atoms with Crippen molar-refractivity contribution in [3.8, 4) is 0 Å². The van der Waals surface area contributed by atoms with E-state index in [1.807, 2.05) is 13.8 Å². The molecule has 1 atom stereocenters. The lowest BCUT2D eigenvalue weighted by atomic mass is 10.0. The number of para-hydroxylation sites is 1. The topological polar surface area (TPSA) is 95.7 Å². The molecule has 0 unspecified atom stereocenters. The van der Waals surface area contributed by atoms with E-state index >= 15 is 0 Å². The molecule has 0 spiro atoms. The normalized spacial score (nSPS) is 14.6. The number of amides is 3. The van der Waals surface area contributed by atoms with Gasteiger partial charge in [-0.25, -0.2) is 13.2 Å². The SMILES string of the molecule is CC(C)NC(=O)CN1C(=O)CN(C(=O)C[C@H](N)Cc2cc(F)c(F)cc2F)Cc2ccccc21. The predicted octanol–water partition coefficient (Wildman–Crippen LogP) is 2.26. The summed E-state index contributed by atoms with van der Waals surface area (Å²) in [5.74, 6) is -4.67. The molecule has 1 aliphatic heterocycles. The van der Waals surface area contributed by atoms with Crippen molar-refractivity contribution in [2.24, 2.45) is 5.73 Å². The maximum absolute atomic E-state index is 13.9. The number of nitrogens with two attached hydrogens (primary N) is 1. The minimum absolute atomic E-state index is 0.0937. The van der Waals surface area contributed by atoms with Crippen molar-refractivity contribution < 1.29 is 27.6 Å². The Kier molecular flexibility index (Phi) is 7.93. The quantitative estimate of drug-likeness (QED) is 0.600. The number of halogens is 3. The van der Waals surface area contributed by atoms with Gasteiger partial charge in [-0.05, 0) is 43.5 Å². The molecule has 0 saturated carbocycles. The molecule has 2 aromatic rings. The number of carbonyl (C=O) groups excluding carboxylic acids is 3. The van der Waals surface area contributed by atoms with Crippen LogP contribution in [0.5, 0.6) is 0 Å². The van der Waals surface area contributed by atoms with E-state index in [1.165, 1.54) is 9.80 Å². The molecule has 0 fully saturated rings. The van der Waals surface area contributed by atoms with Crippen molar-refractivity contribution in [2.75, 3.05) is 18.0 Å². The molecule has 1 aliphatic rings. The predicted molar refractivity (Wildman–Crippen MR) is 120 cm³/mol. The molecular formula is C24H27F3N4O3. The number of benzene rings is 2. The zero-order valence-electron chi connectivity index (χ0n) is 19.0. The van der Waals surface area contributed by atoms with Crippen LogP contribution in [0.4, 0.5) is 18.9 Å². The number of nitrogens with zero attached hydrogens (tertiary/aromatic N) is 2. The summed E-state index contributed by atoms with van der Waals surface area (Å²) in [5, 5.41) is 2.75. The van der Waals surface area contributed by atoms with Crippen LogP contribution in [0.15, 0.2) is 36.4 Å². The van der Waals surface area contributed by atoms with E-state index in [1.54, 1.807) is 24.3 Å². The summed E-state index contributed by atoms with van der Waals surface area (Å²) in [7, 11) is 0. The third-order valence-corrected chi connectivity index (χ3v) is 5.38. The van der Waals surface area contributed by atoms with Crippen LogP contribution >= 0.6 is 0 Å². The van der Waals surface area contributed by atoms with Crippen LogP contribution in [0.25, 0.3) is 0 Å². The Labute approximate surface area is 195 Å². The van der Waals surface area contributed by atoms with Crippen molar-refractivity contribution in [3.63, 3.8) is 0 Å². The zero-order chi connectivity index (χ0) is 25.0. The molecule has 0 aliphatic carbocycles. The van der Waals surface area contributed by atoms with Gasteiger partial charge in [-0.2, -0.15) is 0 Å². The first-order valence-electron chi connectivity index (χ1n) is 10.9. The van der Waals surface area contributed by atoms with Crippen molar-refractivity contribution in [1.29, 1.82) is 0 Å². The number of anilines is 1. The number of nitrogens with one attached hydrogen (secondary N) is 1. The summed E-state index contributed by atoms with van der Waals surface area (Å²) < 4.78 is 40.6. The number of hydrogen-bond acceptors (Lipinski definition) is 4. The summed E-state index contributed by atoms with van der Waals surface area (Å²) in [5.41, 5.74) is 7.08. The molecular weight excluding hydrogens is 449 g/mol. The summed E-state index contributed by atoms with van der Waals surface area (Å²) in [6, 6.07) is 7.16. The Morgan fingerprint density at radius 1 is 1.06 bits per heavy atom. The Hall–Kier alpha value is -3.40. The third-order valence-electron chi connectivity index (χ3n) is 5.38. The van der Waals surface area contributed by atoms with E-state index < -0.39 is 35.3 Å². The van der Waals surface area contributed by atoms with E-state index in [0.29, 0.717) is 17.3 Å². The van der Waals surface area contributed by atoms with E-state index in [4.69, 9.17) is 5.73 Å². The molecule has 1 heterocycles. The van der Waals surface area contributed by atoms with E-state index in [2.05, 4.69) is 5.32 Å². The van der Waals surface area contributed by atoms with Gasteiger partial charge >= 0.3 is 0 Å². The molecule has 0 radical (unpaired) electrons. The van der Waals surface area contributed by atoms with Gasteiger partial charge in [0, 0.05) is 36.8 Å². The van der Waals surface area contributed by atoms with Gasteiger partial charge in [0.2, 0.25) is 17.7 Å². The minimum atomic E-state index is -1.31. The van der Waals surface area contributed by atoms with Gasteiger partial charge in [-0.3, -0.25) is 14.4 Å². The van der Waals surface area contributed by atoms with Gasteiger partial charge in [-0.15, -0.1) is 0 Å². The average Bonchev–Trinajstić information content (AvgIpc) is 2.88. The molecule has 0 bridgehead atoms. The van der Waals surface area contributed by atoms with Crippen LogP contribution in [-0.4, -0.2) is 47.8 Å². The fraction of sp³-hybridized carbons (Fsp3) is 0.375. The summed E-state index contributed by atoms with van der Waals surface area (Å²) in [4.78, 5) is 40.9. The molecule has 2 aromatic carbocycles. The summed E-state index contributed by atoms with van der Waals surface area (Å²) in [6.45, 7) is 3.28. The second kappa shape index (κ2) is 10.7. The van der Waals surface area contributed by atoms with Crippen molar-refractivity contribution in [3.05, 3.63) is 65.0 Å². The van der Waals surface area contributed by atoms with E-state index in [-0.39, 0.29) is 50.0 Å². The monoisotopic (exact) mass is 476 g/mol. The molecule has 0 aromatic heterocycles. The van der Waals surface area contributed by atoms with Crippen LogP contribution in [-0.2, 0) is 27.3 Å². The molecule has 10 heteroatoms. The second-order valence-corrected chi connectivity index (χ2v) is 8.61. The third kappa shape index (κ3) is 6.13. The summed E-state index contributed by atoms with van der Waals surface area (Å²) in [6.07, 6.45) is -0.420. The number of rotatable bonds is 7.